The van der Waals surface area contributed by atoms with Crippen molar-refractivity contribution in [3.63, 3.8) is 0 Å². The van der Waals surface area contributed by atoms with Gasteiger partial charge in [0, 0.05) is 35.7 Å². The maximum Gasteiger partial charge on any atom is 0.263 e. The molecule has 0 bridgehead atoms. The Bertz CT molecular complexity index is 2630. The van der Waals surface area contributed by atoms with Gasteiger partial charge in [0.2, 0.25) is 17.7 Å². The molecule has 9 rings (SSSR count). The van der Waals surface area contributed by atoms with Gasteiger partial charge in [0.1, 0.15) is 35.4 Å². The van der Waals surface area contributed by atoms with E-state index in [9.17, 15) is 24.0 Å². The van der Waals surface area contributed by atoms with Crippen molar-refractivity contribution in [1.29, 1.82) is 0 Å². The van der Waals surface area contributed by atoms with Crippen molar-refractivity contribution < 1.29 is 28.7 Å². The van der Waals surface area contributed by atoms with Gasteiger partial charge >= 0.3 is 0 Å². The van der Waals surface area contributed by atoms with Crippen molar-refractivity contribution in [1.82, 2.24) is 34.9 Å². The summed E-state index contributed by atoms with van der Waals surface area (Å²) in [6, 6.07) is 29.0. The number of hydrogen-bond acceptors (Lipinski definition) is 11. The number of ether oxygens (including phenoxy) is 1. The highest BCUT2D eigenvalue weighted by Crippen LogP contribution is 2.37. The first-order valence-electron chi connectivity index (χ1n) is 19.4. The molecule has 2 saturated heterocycles. The Morgan fingerprint density at radius 3 is 2.39 bits per heavy atom. The Hall–Kier alpha value is -6.87. The van der Waals surface area contributed by atoms with Crippen LogP contribution in [0, 0.1) is 0 Å². The van der Waals surface area contributed by atoms with Crippen molar-refractivity contribution in [2.75, 3.05) is 18.8 Å². The van der Waals surface area contributed by atoms with Crippen molar-refractivity contribution >= 4 is 58.1 Å². The molecule has 14 nitrogen and oxygen atoms in total. The van der Waals surface area contributed by atoms with Gasteiger partial charge < -0.3 is 15.4 Å². The molecule has 5 heterocycles. The third kappa shape index (κ3) is 7.40. The van der Waals surface area contributed by atoms with Crippen LogP contribution in [0.2, 0.25) is 0 Å². The normalized spacial score (nSPS) is 18.0. The molecule has 2 atom stereocenters. The smallest absolute Gasteiger partial charge is 0.263 e. The monoisotopic (exact) mass is 806 g/mol. The number of imide groups is 2. The molecule has 3 N–H and O–H groups in total. The second kappa shape index (κ2) is 15.8. The van der Waals surface area contributed by atoms with E-state index in [2.05, 4.69) is 15.3 Å². The van der Waals surface area contributed by atoms with E-state index in [1.54, 1.807) is 18.2 Å². The number of nitrogens with zero attached hydrogens (tertiary/aromatic N) is 6. The number of benzene rings is 4. The van der Waals surface area contributed by atoms with Gasteiger partial charge in [0.05, 0.1) is 29.0 Å². The molecule has 59 heavy (non-hydrogen) atoms. The van der Waals surface area contributed by atoms with Crippen molar-refractivity contribution in [3.05, 3.63) is 126 Å². The number of rotatable bonds is 10. The second-order valence-corrected chi connectivity index (χ2v) is 15.8. The summed E-state index contributed by atoms with van der Waals surface area (Å²) in [6.45, 7) is 1.11. The highest BCUT2D eigenvalue weighted by molar-refractivity contribution is 7.98. The zero-order valence-corrected chi connectivity index (χ0v) is 32.6. The fraction of sp³-hybridized carbons (Fsp3) is 0.227. The first kappa shape index (κ1) is 37.7. The summed E-state index contributed by atoms with van der Waals surface area (Å²) in [6.07, 6.45) is 3.45. The Labute approximate surface area is 342 Å². The molecule has 2 unspecified atom stereocenters. The molecule has 6 aromatic rings. The van der Waals surface area contributed by atoms with Crippen LogP contribution in [0.25, 0.3) is 22.3 Å². The van der Waals surface area contributed by atoms with E-state index in [0.717, 1.165) is 40.2 Å². The van der Waals surface area contributed by atoms with Gasteiger partial charge in [0.25, 0.3) is 11.8 Å². The number of nitrogens with two attached hydrogens (primary N) is 1. The van der Waals surface area contributed by atoms with Crippen LogP contribution in [0.15, 0.2) is 108 Å². The summed E-state index contributed by atoms with van der Waals surface area (Å²) in [4.78, 5) is 77.0. The van der Waals surface area contributed by atoms with Crippen molar-refractivity contribution in [3.8, 4) is 22.8 Å². The van der Waals surface area contributed by atoms with E-state index < -0.39 is 29.7 Å². The Morgan fingerprint density at radius 2 is 1.61 bits per heavy atom. The van der Waals surface area contributed by atoms with E-state index in [1.807, 2.05) is 88.4 Å². The molecular formula is C44H38N8O6S. The number of piperidine rings is 2. The molecule has 3 aliphatic heterocycles. The van der Waals surface area contributed by atoms with Crippen LogP contribution < -0.4 is 15.8 Å². The van der Waals surface area contributed by atoms with Gasteiger partial charge in [-0.2, -0.15) is 5.10 Å². The van der Waals surface area contributed by atoms with Gasteiger partial charge in [-0.1, -0.05) is 48.5 Å². The zero-order chi connectivity index (χ0) is 40.6. The highest BCUT2D eigenvalue weighted by Gasteiger charge is 2.45. The minimum atomic E-state index is -1.02. The van der Waals surface area contributed by atoms with Gasteiger partial charge in [-0.25, -0.2) is 14.6 Å². The van der Waals surface area contributed by atoms with E-state index in [4.69, 9.17) is 15.6 Å². The number of aromatic nitrogens is 4. The third-order valence-electron chi connectivity index (χ3n) is 10.9. The van der Waals surface area contributed by atoms with Crippen LogP contribution in [0.5, 0.6) is 11.5 Å². The summed E-state index contributed by atoms with van der Waals surface area (Å²) in [5.74, 6) is 0.167. The molecule has 0 radical (unpaired) electrons. The number of para-hydroxylation sites is 1. The standard InChI is InChI=1S/C44H38N8O6S/c45-40-38-39(28-15-17-31(18-16-28)58-30-7-2-1-3-8-30)49-52(41(38)47-25-46-40)29-6-5-21-50(23-29)36(54)22-26-11-13-27(14-12-26)24-59-34-10-4-9-32-37(34)44(57)51(43(32)56)33-19-20-35(53)48-42(33)55/h1-4,7-18,25,29,33H,5-6,19-24H2,(H2,45,46,47)(H,48,53,55). The van der Waals surface area contributed by atoms with Gasteiger partial charge in [-0.05, 0) is 78.9 Å². The summed E-state index contributed by atoms with van der Waals surface area (Å²) < 4.78 is 7.87. The number of likely N-dealkylation sites (tertiary alicyclic amines) is 1. The first-order chi connectivity index (χ1) is 28.7. The second-order valence-electron chi connectivity index (χ2n) is 14.7. The largest absolute Gasteiger partial charge is 0.457 e. The van der Waals surface area contributed by atoms with E-state index in [-0.39, 0.29) is 42.3 Å². The number of amides is 5. The lowest BCUT2D eigenvalue weighted by atomic mass is 10.0. The van der Waals surface area contributed by atoms with E-state index in [1.165, 1.54) is 18.1 Å². The highest BCUT2D eigenvalue weighted by atomic mass is 32.2. The maximum absolute atomic E-state index is 13.7. The first-order valence-corrected chi connectivity index (χ1v) is 20.4. The molecule has 0 saturated carbocycles. The lowest BCUT2D eigenvalue weighted by molar-refractivity contribution is -0.136. The molecule has 4 aromatic carbocycles. The summed E-state index contributed by atoms with van der Waals surface area (Å²) >= 11 is 1.42. The Morgan fingerprint density at radius 1 is 0.847 bits per heavy atom. The molecule has 2 aromatic heterocycles. The average molecular weight is 807 g/mol. The fourth-order valence-corrected chi connectivity index (χ4v) is 8.97. The number of anilines is 1. The topological polar surface area (TPSA) is 183 Å². The molecule has 0 aliphatic carbocycles. The van der Waals surface area contributed by atoms with Crippen LogP contribution in [0.4, 0.5) is 5.82 Å². The summed E-state index contributed by atoms with van der Waals surface area (Å²) in [5.41, 5.74) is 10.9. The van der Waals surface area contributed by atoms with Crippen LogP contribution in [0.1, 0.15) is 63.6 Å². The van der Waals surface area contributed by atoms with Gasteiger partial charge in [-0.3, -0.25) is 34.2 Å². The van der Waals surface area contributed by atoms with E-state index >= 15 is 0 Å². The maximum atomic E-state index is 13.7. The van der Waals surface area contributed by atoms with Gasteiger partial charge in [0.15, 0.2) is 5.65 Å². The van der Waals surface area contributed by atoms with E-state index in [0.29, 0.717) is 52.0 Å². The Balaban J connectivity index is 0.848. The Kier molecular flexibility index (Phi) is 10.1. The quantitative estimate of drug-likeness (QED) is 0.123. The molecule has 3 aliphatic rings. The van der Waals surface area contributed by atoms with Gasteiger partial charge in [-0.15, -0.1) is 11.8 Å². The predicted molar refractivity (Wildman–Crippen MR) is 219 cm³/mol. The average Bonchev–Trinajstić information content (AvgIpc) is 3.77. The van der Waals surface area contributed by atoms with Crippen molar-refractivity contribution in [2.45, 2.75) is 54.8 Å². The lowest BCUT2D eigenvalue weighted by Crippen LogP contribution is -2.54. The molecule has 296 valence electrons. The molecular weight excluding hydrogens is 769 g/mol. The summed E-state index contributed by atoms with van der Waals surface area (Å²) in [5, 5.41) is 7.93. The molecule has 5 amide bonds. The number of fused-ring (bicyclic) bond motifs is 2. The fourth-order valence-electron chi connectivity index (χ4n) is 7.94. The minimum Gasteiger partial charge on any atom is -0.457 e. The summed E-state index contributed by atoms with van der Waals surface area (Å²) in [7, 11) is 0. The molecule has 2 fully saturated rings. The van der Waals surface area contributed by atoms with Crippen molar-refractivity contribution in [2.24, 2.45) is 0 Å². The number of nitrogens with one attached hydrogen (secondary N) is 1. The SMILES string of the molecule is Nc1ncnc2c1c(-c1ccc(Oc3ccccc3)cc1)nn2C1CCCN(C(=O)Cc2ccc(CSc3cccc4c3C(=O)N(C3CCC(=O)NC3=O)C4=O)cc2)C1. The van der Waals surface area contributed by atoms with Crippen LogP contribution >= 0.6 is 11.8 Å². The van der Waals surface area contributed by atoms with Crippen LogP contribution in [-0.4, -0.2) is 78.2 Å². The lowest BCUT2D eigenvalue weighted by Gasteiger charge is -2.33. The predicted octanol–water partition coefficient (Wildman–Crippen LogP) is 5.97. The number of thioether (sulfide) groups is 1. The number of carbonyl (C=O) groups excluding carboxylic acids is 5. The number of nitrogen functional groups attached to an aromatic ring is 1. The molecule has 0 spiro atoms. The molecule has 15 heteroatoms. The number of carbonyl (C=O) groups is 5. The minimum absolute atomic E-state index is 0.0141. The van der Waals surface area contributed by atoms with Crippen LogP contribution in [-0.2, 0) is 26.6 Å². The third-order valence-corrected chi connectivity index (χ3v) is 12.1. The van der Waals surface area contributed by atoms with Crippen LogP contribution in [0.3, 0.4) is 0 Å². The zero-order valence-electron chi connectivity index (χ0n) is 31.7. The number of hydrogen-bond donors (Lipinski definition) is 2.